The molecule has 0 unspecified atom stereocenters. The molecule has 8 aromatic carbocycles. The predicted octanol–water partition coefficient (Wildman–Crippen LogP) is 12.2. The average Bonchev–Trinajstić information content (AvgIpc) is 3.82. The quantitative estimate of drug-likeness (QED) is 0.0429. The Morgan fingerprint density at radius 3 is 1.89 bits per heavy atom. The number of fused-ring (bicyclic) bond motifs is 6. The molecule has 1 aliphatic rings. The molecule has 274 valence electrons. The smallest absolute Gasteiger partial charge is 0.143 e. The Hall–Kier alpha value is -6.79. The number of rotatable bonds is 10. The van der Waals surface area contributed by atoms with E-state index >= 15 is 0 Å². The van der Waals surface area contributed by atoms with Crippen molar-refractivity contribution in [1.29, 1.82) is 0 Å². The van der Waals surface area contributed by atoms with Gasteiger partial charge < -0.3 is 10.7 Å². The molecule has 1 aliphatic carbocycles. The monoisotopic (exact) mass is 752 g/mol. The van der Waals surface area contributed by atoms with Crippen LogP contribution in [0.1, 0.15) is 33.4 Å². The van der Waals surface area contributed by atoms with Gasteiger partial charge in [0.25, 0.3) is 0 Å². The zero-order valence-corrected chi connectivity index (χ0v) is 32.1. The summed E-state index contributed by atoms with van der Waals surface area (Å²) in [6, 6.07) is 71.8. The third kappa shape index (κ3) is 6.09. The molecule has 3 N–H and O–H groups in total. The summed E-state index contributed by atoms with van der Waals surface area (Å²) in [6.45, 7) is 1.03. The van der Waals surface area contributed by atoms with Gasteiger partial charge in [-0.3, -0.25) is 4.99 Å². The summed E-state index contributed by atoms with van der Waals surface area (Å²) in [5.74, 6) is 0.791. The van der Waals surface area contributed by atoms with Gasteiger partial charge in [0, 0.05) is 37.0 Å². The molecule has 0 saturated heterocycles. The molecule has 0 atom stereocenters. The Balaban J connectivity index is 0.963. The van der Waals surface area contributed by atoms with Crippen molar-refractivity contribution < 1.29 is 0 Å². The van der Waals surface area contributed by atoms with Crippen LogP contribution in [0.15, 0.2) is 205 Å². The number of thiophene rings is 1. The lowest BCUT2D eigenvalue weighted by Gasteiger charge is -2.34. The van der Waals surface area contributed by atoms with Crippen LogP contribution in [-0.2, 0) is 12.0 Å². The minimum absolute atomic E-state index is 0.450. The Bertz CT molecular complexity index is 2840. The maximum Gasteiger partial charge on any atom is 0.143 e. The van der Waals surface area contributed by atoms with Gasteiger partial charge in [0.15, 0.2) is 0 Å². The Labute approximate surface area is 337 Å². The second-order valence-corrected chi connectivity index (χ2v) is 15.4. The Kier molecular flexibility index (Phi) is 9.15. The van der Waals surface area contributed by atoms with Crippen LogP contribution in [0.3, 0.4) is 0 Å². The van der Waals surface area contributed by atoms with E-state index in [1.807, 2.05) is 17.4 Å². The van der Waals surface area contributed by atoms with Crippen molar-refractivity contribution in [2.24, 2.45) is 4.99 Å². The zero-order chi connectivity index (χ0) is 38.0. The van der Waals surface area contributed by atoms with Crippen LogP contribution >= 0.6 is 11.3 Å². The van der Waals surface area contributed by atoms with Crippen molar-refractivity contribution >= 4 is 43.0 Å². The molecule has 0 amide bonds. The minimum Gasteiger partial charge on any atom is -0.370 e. The number of hydrogen-bond donors (Lipinski definition) is 3. The van der Waals surface area contributed by atoms with E-state index < -0.39 is 5.41 Å². The molecule has 0 fully saturated rings. The van der Waals surface area contributed by atoms with Gasteiger partial charge >= 0.3 is 0 Å². The van der Waals surface area contributed by atoms with Gasteiger partial charge in [-0.2, -0.15) is 0 Å². The summed E-state index contributed by atoms with van der Waals surface area (Å²) >= 11 is 1.84. The fraction of sp³-hybridized carbons (Fsp3) is 0.0577. The summed E-state index contributed by atoms with van der Waals surface area (Å²) < 4.78 is 2.59. The molecule has 1 aromatic heterocycles. The second-order valence-electron chi connectivity index (χ2n) is 14.4. The van der Waals surface area contributed by atoms with Crippen LogP contribution in [-0.4, -0.2) is 12.5 Å². The van der Waals surface area contributed by atoms with Crippen LogP contribution in [0.25, 0.3) is 42.4 Å². The van der Waals surface area contributed by atoms with Gasteiger partial charge in [0.1, 0.15) is 5.84 Å². The van der Waals surface area contributed by atoms with E-state index in [1.165, 1.54) is 64.7 Å². The van der Waals surface area contributed by atoms with Crippen molar-refractivity contribution in [2.75, 3.05) is 12.0 Å². The van der Waals surface area contributed by atoms with Crippen molar-refractivity contribution in [3.8, 4) is 22.3 Å². The number of nitrogens with one attached hydrogen (secondary N) is 3. The molecule has 9 aromatic rings. The summed E-state index contributed by atoms with van der Waals surface area (Å²) in [6.07, 6.45) is 0. The molecular formula is C52H40N4S. The Morgan fingerprint density at radius 2 is 1.11 bits per heavy atom. The van der Waals surface area contributed by atoms with Crippen molar-refractivity contribution in [2.45, 2.75) is 12.0 Å². The van der Waals surface area contributed by atoms with E-state index in [-0.39, 0.29) is 0 Å². The van der Waals surface area contributed by atoms with Crippen molar-refractivity contribution in [3.63, 3.8) is 0 Å². The van der Waals surface area contributed by atoms with Gasteiger partial charge in [-0.1, -0.05) is 188 Å². The number of benzene rings is 8. The number of aliphatic imine (C=N–C) groups is 1. The number of hydrogen-bond acceptors (Lipinski definition) is 4. The molecule has 10 rings (SSSR count). The molecule has 0 spiro atoms. The SMILES string of the molecule is c1ccc(C(=NCc2cccc3c2sc2ccccc23)NNCNc2ccccc2-c2cccc3c2-c2ccccc2C3(c2ccccc2)c2ccccc2)cc1. The van der Waals surface area contributed by atoms with E-state index in [0.717, 1.165) is 22.6 Å². The van der Waals surface area contributed by atoms with Gasteiger partial charge in [0.05, 0.1) is 18.6 Å². The third-order valence-corrected chi connectivity index (χ3v) is 12.5. The number of hydrazine groups is 1. The van der Waals surface area contributed by atoms with Gasteiger partial charge in [-0.15, -0.1) is 11.3 Å². The van der Waals surface area contributed by atoms with E-state index in [4.69, 9.17) is 4.99 Å². The number of para-hydroxylation sites is 1. The topological polar surface area (TPSA) is 48.5 Å². The molecule has 4 nitrogen and oxygen atoms in total. The molecule has 57 heavy (non-hydrogen) atoms. The largest absolute Gasteiger partial charge is 0.370 e. The second kappa shape index (κ2) is 15.0. The highest BCUT2D eigenvalue weighted by molar-refractivity contribution is 7.26. The van der Waals surface area contributed by atoms with Crippen LogP contribution in [0, 0.1) is 0 Å². The average molecular weight is 753 g/mol. The molecule has 0 bridgehead atoms. The molecule has 1 heterocycles. The van der Waals surface area contributed by atoms with Gasteiger partial charge in [0.2, 0.25) is 0 Å². The molecular weight excluding hydrogens is 713 g/mol. The first-order valence-corrected chi connectivity index (χ1v) is 20.3. The summed E-state index contributed by atoms with van der Waals surface area (Å²) in [7, 11) is 0. The lowest BCUT2D eigenvalue weighted by molar-refractivity contribution is 0.689. The maximum atomic E-state index is 5.14. The summed E-state index contributed by atoms with van der Waals surface area (Å²) in [5.41, 5.74) is 19.7. The van der Waals surface area contributed by atoms with E-state index in [9.17, 15) is 0 Å². The number of anilines is 1. The van der Waals surface area contributed by atoms with Crippen LogP contribution in [0.4, 0.5) is 5.69 Å². The highest BCUT2D eigenvalue weighted by atomic mass is 32.1. The first-order valence-electron chi connectivity index (χ1n) is 19.5. The normalized spacial score (nSPS) is 13.0. The van der Waals surface area contributed by atoms with Crippen molar-refractivity contribution in [3.05, 3.63) is 234 Å². The van der Waals surface area contributed by atoms with Crippen LogP contribution in [0.5, 0.6) is 0 Å². The molecule has 0 saturated carbocycles. The number of amidine groups is 1. The maximum absolute atomic E-state index is 5.14. The van der Waals surface area contributed by atoms with E-state index in [0.29, 0.717) is 13.2 Å². The lowest BCUT2D eigenvalue weighted by atomic mass is 9.67. The summed E-state index contributed by atoms with van der Waals surface area (Å²) in [5, 5.41) is 6.29. The lowest BCUT2D eigenvalue weighted by Crippen LogP contribution is -2.41. The highest BCUT2D eigenvalue weighted by Gasteiger charge is 2.46. The first-order chi connectivity index (χ1) is 28.3. The predicted molar refractivity (Wildman–Crippen MR) is 240 cm³/mol. The van der Waals surface area contributed by atoms with Crippen LogP contribution in [0.2, 0.25) is 0 Å². The minimum atomic E-state index is -0.450. The molecule has 5 heteroatoms. The fourth-order valence-corrected chi connectivity index (χ4v) is 9.96. The van der Waals surface area contributed by atoms with Gasteiger partial charge in [-0.05, 0) is 56.6 Å². The summed E-state index contributed by atoms with van der Waals surface area (Å²) in [4.78, 5) is 5.14. The standard InChI is InChI=1S/C52H40N4S/c1-4-18-36(19-5-1)51(53-34-37-20-16-29-43-41-26-12-15-33-48(41)57-50(37)43)56-55-35-54-47-32-14-11-25-40(47)42-28-17-31-46-49(42)44-27-10-13-30-45(44)52(46,38-21-6-2-7-22-38)39-23-8-3-9-24-39/h1-33,54-55H,34-35H2,(H,53,56). The van der Waals surface area contributed by atoms with Gasteiger partial charge in [-0.25, -0.2) is 5.43 Å². The van der Waals surface area contributed by atoms with Crippen LogP contribution < -0.4 is 16.2 Å². The molecule has 0 aliphatic heterocycles. The van der Waals surface area contributed by atoms with E-state index in [2.05, 4.69) is 210 Å². The number of nitrogens with zero attached hydrogens (tertiary/aromatic N) is 1. The fourth-order valence-electron chi connectivity index (χ4n) is 8.75. The van der Waals surface area contributed by atoms with E-state index in [1.54, 1.807) is 0 Å². The Morgan fingerprint density at radius 1 is 0.509 bits per heavy atom. The highest BCUT2D eigenvalue weighted by Crippen LogP contribution is 2.58. The zero-order valence-electron chi connectivity index (χ0n) is 31.3. The third-order valence-electron chi connectivity index (χ3n) is 11.2. The van der Waals surface area contributed by atoms with Crippen molar-refractivity contribution in [1.82, 2.24) is 10.9 Å². The first kappa shape index (κ1) is 34.7. The molecule has 0 radical (unpaired) electrons.